The summed E-state index contributed by atoms with van der Waals surface area (Å²) in [5, 5.41) is 0. The topological polar surface area (TPSA) is 26.3 Å². The molecule has 5 heteroatoms. The first kappa shape index (κ1) is 15.7. The van der Waals surface area contributed by atoms with E-state index in [1.165, 1.54) is 13.0 Å². The van der Waals surface area contributed by atoms with Gasteiger partial charge in [0.25, 0.3) is 0 Å². The maximum atomic E-state index is 12.6. The highest BCUT2D eigenvalue weighted by molar-refractivity contribution is 5.83. The molecule has 2 nitrogen and oxygen atoms in total. The Morgan fingerprint density at radius 3 is 2.12 bits per heavy atom. The molecular formula is C12H17F3O2. The van der Waals surface area contributed by atoms with Crippen LogP contribution in [-0.4, -0.2) is 18.8 Å². The minimum absolute atomic E-state index is 0.0451. The molecule has 0 aromatic carbocycles. The third-order valence-corrected chi connectivity index (χ3v) is 1.65. The molecule has 98 valence electrons. The molecule has 0 amide bonds. The van der Waals surface area contributed by atoms with E-state index in [1.54, 1.807) is 20.8 Å². The Bertz CT molecular complexity index is 320. The van der Waals surface area contributed by atoms with Crippen LogP contribution >= 0.6 is 0 Å². The maximum Gasteiger partial charge on any atom is 0.416 e. The van der Waals surface area contributed by atoms with Crippen molar-refractivity contribution in [1.82, 2.24) is 0 Å². The van der Waals surface area contributed by atoms with Crippen molar-refractivity contribution in [3.63, 3.8) is 0 Å². The zero-order valence-electron chi connectivity index (χ0n) is 10.4. The molecule has 0 spiro atoms. The molecule has 0 radical (unpaired) electrons. The average Bonchev–Trinajstić information content (AvgIpc) is 2.09. The van der Waals surface area contributed by atoms with Crippen molar-refractivity contribution < 1.29 is 22.7 Å². The number of carbonyl (C=O) groups is 1. The fraction of sp³-hybridized carbons (Fsp3) is 0.583. The van der Waals surface area contributed by atoms with Crippen molar-refractivity contribution >= 4 is 5.97 Å². The monoisotopic (exact) mass is 250 g/mol. The van der Waals surface area contributed by atoms with Crippen LogP contribution in [0.15, 0.2) is 23.8 Å². The molecule has 0 atom stereocenters. The van der Waals surface area contributed by atoms with Crippen LogP contribution in [0.1, 0.15) is 27.7 Å². The second-order valence-electron chi connectivity index (χ2n) is 4.55. The van der Waals surface area contributed by atoms with Crippen molar-refractivity contribution in [3.8, 4) is 0 Å². The molecule has 0 aliphatic rings. The molecular weight excluding hydrogens is 233 g/mol. The van der Waals surface area contributed by atoms with Crippen LogP contribution in [0.3, 0.4) is 0 Å². The summed E-state index contributed by atoms with van der Waals surface area (Å²) in [5.41, 5.74) is -1.40. The van der Waals surface area contributed by atoms with E-state index in [4.69, 9.17) is 0 Å². The lowest BCUT2D eigenvalue weighted by Gasteiger charge is -2.13. The van der Waals surface area contributed by atoms with Crippen LogP contribution in [0.4, 0.5) is 13.2 Å². The molecule has 0 aromatic heterocycles. The standard InChI is InChI=1S/C12H17F3O2/c1-5-17-10(16)8-9(12(13,14)15)6-7-11(2,3)4/h6-8H,5H2,1-4H3/b7-6+,9-8+. The minimum atomic E-state index is -4.56. The lowest BCUT2D eigenvalue weighted by Crippen LogP contribution is -2.14. The van der Waals surface area contributed by atoms with Crippen LogP contribution < -0.4 is 0 Å². The number of hydrogen-bond acceptors (Lipinski definition) is 2. The van der Waals surface area contributed by atoms with Crippen molar-refractivity contribution in [1.29, 1.82) is 0 Å². The third kappa shape index (κ3) is 7.60. The lowest BCUT2D eigenvalue weighted by atomic mass is 9.95. The van der Waals surface area contributed by atoms with Crippen molar-refractivity contribution in [2.75, 3.05) is 6.61 Å². The third-order valence-electron chi connectivity index (χ3n) is 1.65. The minimum Gasteiger partial charge on any atom is -0.463 e. The summed E-state index contributed by atoms with van der Waals surface area (Å²) in [4.78, 5) is 11.0. The molecule has 0 bridgehead atoms. The van der Waals surface area contributed by atoms with Gasteiger partial charge in [-0.2, -0.15) is 13.2 Å². The number of esters is 1. The normalized spacial score (nSPS) is 14.2. The van der Waals surface area contributed by atoms with E-state index in [0.717, 1.165) is 6.08 Å². The number of ether oxygens (including phenoxy) is 1. The highest BCUT2D eigenvalue weighted by atomic mass is 19.4. The summed E-state index contributed by atoms with van der Waals surface area (Å²) in [6.07, 6.45) is -1.80. The lowest BCUT2D eigenvalue weighted by molar-refractivity contribution is -0.138. The summed E-state index contributed by atoms with van der Waals surface area (Å²) in [5.74, 6) is -0.988. The number of carbonyl (C=O) groups excluding carboxylic acids is 1. The second kappa shape index (κ2) is 5.89. The van der Waals surface area contributed by atoms with Gasteiger partial charge in [-0.3, -0.25) is 0 Å². The highest BCUT2D eigenvalue weighted by Gasteiger charge is 2.32. The van der Waals surface area contributed by atoms with Crippen LogP contribution in [0.2, 0.25) is 0 Å². The SMILES string of the molecule is CCOC(=O)/C=C(\C=C\C(C)(C)C)C(F)(F)F. The Kier molecular flexibility index (Phi) is 5.45. The summed E-state index contributed by atoms with van der Waals surface area (Å²) in [6, 6.07) is 0. The van der Waals surface area contributed by atoms with Crippen LogP contribution in [0, 0.1) is 5.41 Å². The summed E-state index contributed by atoms with van der Waals surface area (Å²) < 4.78 is 42.2. The first-order chi connectivity index (χ1) is 7.56. The fourth-order valence-corrected chi connectivity index (χ4v) is 0.875. The van der Waals surface area contributed by atoms with Gasteiger partial charge in [0.05, 0.1) is 12.2 Å². The Balaban J connectivity index is 5.05. The number of hydrogen-bond donors (Lipinski definition) is 0. The van der Waals surface area contributed by atoms with Gasteiger partial charge >= 0.3 is 12.1 Å². The van der Waals surface area contributed by atoms with Crippen LogP contribution in [0.25, 0.3) is 0 Å². The number of halogens is 3. The van der Waals surface area contributed by atoms with Gasteiger partial charge in [0, 0.05) is 6.08 Å². The predicted molar refractivity (Wildman–Crippen MR) is 59.4 cm³/mol. The molecule has 0 fully saturated rings. The van der Waals surface area contributed by atoms with Crippen molar-refractivity contribution in [3.05, 3.63) is 23.8 Å². The van der Waals surface area contributed by atoms with E-state index < -0.39 is 17.7 Å². The number of allylic oxidation sites excluding steroid dienone is 3. The average molecular weight is 250 g/mol. The second-order valence-corrected chi connectivity index (χ2v) is 4.55. The molecule has 17 heavy (non-hydrogen) atoms. The van der Waals surface area contributed by atoms with E-state index in [-0.39, 0.29) is 12.0 Å². The maximum absolute atomic E-state index is 12.6. The molecule has 0 aliphatic carbocycles. The Labute approximate surface area is 99.1 Å². The van der Waals surface area contributed by atoms with E-state index in [9.17, 15) is 18.0 Å². The molecule has 0 saturated carbocycles. The van der Waals surface area contributed by atoms with E-state index in [2.05, 4.69) is 4.74 Å². The van der Waals surface area contributed by atoms with Gasteiger partial charge in [0.2, 0.25) is 0 Å². The van der Waals surface area contributed by atoms with Gasteiger partial charge in [-0.1, -0.05) is 32.9 Å². The summed E-state index contributed by atoms with van der Waals surface area (Å²) in [6.45, 7) is 6.87. The Morgan fingerprint density at radius 2 is 1.76 bits per heavy atom. The largest absolute Gasteiger partial charge is 0.463 e. The molecule has 0 N–H and O–H groups in total. The van der Waals surface area contributed by atoms with E-state index in [0.29, 0.717) is 6.08 Å². The Morgan fingerprint density at radius 1 is 1.24 bits per heavy atom. The smallest absolute Gasteiger partial charge is 0.416 e. The summed E-state index contributed by atoms with van der Waals surface area (Å²) >= 11 is 0. The molecule has 0 heterocycles. The molecule has 0 saturated heterocycles. The van der Waals surface area contributed by atoms with E-state index in [1.807, 2.05) is 0 Å². The molecule has 0 unspecified atom stereocenters. The Hall–Kier alpha value is -1.26. The molecule has 0 aliphatic heterocycles. The van der Waals surface area contributed by atoms with Gasteiger partial charge in [-0.15, -0.1) is 0 Å². The van der Waals surface area contributed by atoms with Gasteiger partial charge in [0.1, 0.15) is 0 Å². The van der Waals surface area contributed by atoms with Gasteiger partial charge in [-0.05, 0) is 12.3 Å². The zero-order valence-corrected chi connectivity index (χ0v) is 10.4. The zero-order chi connectivity index (χ0) is 13.7. The quantitative estimate of drug-likeness (QED) is 0.434. The predicted octanol–water partition coefficient (Wildman–Crippen LogP) is 3.64. The number of alkyl halides is 3. The van der Waals surface area contributed by atoms with Crippen LogP contribution in [0.5, 0.6) is 0 Å². The van der Waals surface area contributed by atoms with Crippen molar-refractivity contribution in [2.24, 2.45) is 5.41 Å². The fourth-order valence-electron chi connectivity index (χ4n) is 0.875. The number of rotatable bonds is 3. The van der Waals surface area contributed by atoms with Gasteiger partial charge in [0.15, 0.2) is 0 Å². The first-order valence-corrected chi connectivity index (χ1v) is 5.21. The van der Waals surface area contributed by atoms with Crippen molar-refractivity contribution in [2.45, 2.75) is 33.9 Å². The van der Waals surface area contributed by atoms with Gasteiger partial charge in [-0.25, -0.2) is 4.79 Å². The van der Waals surface area contributed by atoms with Gasteiger partial charge < -0.3 is 4.74 Å². The van der Waals surface area contributed by atoms with E-state index >= 15 is 0 Å². The highest BCUT2D eigenvalue weighted by Crippen LogP contribution is 2.28. The van der Waals surface area contributed by atoms with Crippen LogP contribution in [-0.2, 0) is 9.53 Å². The summed E-state index contributed by atoms with van der Waals surface area (Å²) in [7, 11) is 0. The first-order valence-electron chi connectivity index (χ1n) is 5.21. The molecule has 0 aromatic rings. The molecule has 0 rings (SSSR count).